The molecule has 0 aliphatic carbocycles. The van der Waals surface area contributed by atoms with Crippen LogP contribution in [0.2, 0.25) is 0 Å². The molecule has 140 valence electrons. The van der Waals surface area contributed by atoms with Crippen LogP contribution in [0.3, 0.4) is 0 Å². The van der Waals surface area contributed by atoms with Crippen molar-refractivity contribution >= 4 is 23.4 Å². The fourth-order valence-electron chi connectivity index (χ4n) is 2.77. The summed E-state index contributed by atoms with van der Waals surface area (Å²) in [7, 11) is 0. The molecule has 0 aliphatic heterocycles. The van der Waals surface area contributed by atoms with Crippen LogP contribution in [0, 0.1) is 13.8 Å². The molecule has 0 aliphatic rings. The molecule has 6 nitrogen and oxygen atoms in total. The van der Waals surface area contributed by atoms with Crippen molar-refractivity contribution in [3.05, 3.63) is 59.7 Å². The molecule has 2 aromatic carbocycles. The number of carbonyl (C=O) groups excluding carboxylic acids is 1. The highest BCUT2D eigenvalue weighted by molar-refractivity contribution is 8.00. The third kappa shape index (κ3) is 4.19. The van der Waals surface area contributed by atoms with Gasteiger partial charge in [-0.3, -0.25) is 4.79 Å². The first-order valence-electron chi connectivity index (χ1n) is 8.90. The number of amides is 1. The van der Waals surface area contributed by atoms with Crippen LogP contribution < -0.4 is 4.90 Å². The number of thioether (sulfide) groups is 1. The minimum atomic E-state index is -0.318. The van der Waals surface area contributed by atoms with E-state index in [1.807, 2.05) is 62.4 Å². The van der Waals surface area contributed by atoms with E-state index in [2.05, 4.69) is 29.4 Å². The van der Waals surface area contributed by atoms with Crippen molar-refractivity contribution in [2.24, 2.45) is 0 Å². The molecule has 0 N–H and O–H groups in total. The quantitative estimate of drug-likeness (QED) is 0.608. The second-order valence-corrected chi connectivity index (χ2v) is 7.63. The maximum absolute atomic E-state index is 13.0. The number of tetrazole rings is 1. The first-order chi connectivity index (χ1) is 13.0. The number of anilines is 1. The normalized spacial score (nSPS) is 12.0. The van der Waals surface area contributed by atoms with Crippen molar-refractivity contribution in [2.45, 2.75) is 38.1 Å². The SMILES string of the molecule is CCN(C(=O)C(C)Sc1nnnn1-c1ccc(C)c(C)c1)c1ccccc1. The highest BCUT2D eigenvalue weighted by Crippen LogP contribution is 2.26. The summed E-state index contributed by atoms with van der Waals surface area (Å²) in [4.78, 5) is 14.8. The van der Waals surface area contributed by atoms with Crippen molar-refractivity contribution in [2.75, 3.05) is 11.4 Å². The van der Waals surface area contributed by atoms with Gasteiger partial charge in [-0.25, -0.2) is 0 Å². The Kier molecular flexibility index (Phi) is 5.91. The number of hydrogen-bond donors (Lipinski definition) is 0. The molecule has 1 unspecified atom stereocenters. The third-order valence-corrected chi connectivity index (χ3v) is 5.48. The molecular weight excluding hydrogens is 358 g/mol. The largest absolute Gasteiger partial charge is 0.312 e. The van der Waals surface area contributed by atoms with E-state index < -0.39 is 0 Å². The fourth-order valence-corrected chi connectivity index (χ4v) is 3.64. The predicted molar refractivity (Wildman–Crippen MR) is 108 cm³/mol. The van der Waals surface area contributed by atoms with Crippen LogP contribution in [-0.2, 0) is 4.79 Å². The van der Waals surface area contributed by atoms with Gasteiger partial charge in [0, 0.05) is 12.2 Å². The minimum absolute atomic E-state index is 0.0309. The molecule has 1 aromatic heterocycles. The summed E-state index contributed by atoms with van der Waals surface area (Å²) >= 11 is 1.36. The zero-order valence-corrected chi connectivity index (χ0v) is 16.8. The van der Waals surface area contributed by atoms with E-state index in [9.17, 15) is 4.79 Å². The molecule has 3 rings (SSSR count). The Hall–Kier alpha value is -2.67. The Balaban J connectivity index is 1.80. The molecule has 3 aromatic rings. The van der Waals surface area contributed by atoms with E-state index in [1.54, 1.807) is 9.58 Å². The molecule has 0 saturated heterocycles. The summed E-state index contributed by atoms with van der Waals surface area (Å²) in [6.07, 6.45) is 0. The first-order valence-corrected chi connectivity index (χ1v) is 9.78. The summed E-state index contributed by atoms with van der Waals surface area (Å²) in [6, 6.07) is 15.8. The van der Waals surface area contributed by atoms with E-state index in [-0.39, 0.29) is 11.2 Å². The summed E-state index contributed by atoms with van der Waals surface area (Å²) < 4.78 is 1.68. The van der Waals surface area contributed by atoms with Crippen LogP contribution in [0.25, 0.3) is 5.69 Å². The fraction of sp³-hybridized carbons (Fsp3) is 0.300. The van der Waals surface area contributed by atoms with Gasteiger partial charge in [-0.15, -0.1) is 5.10 Å². The van der Waals surface area contributed by atoms with Gasteiger partial charge in [0.2, 0.25) is 11.1 Å². The molecular formula is C20H23N5OS. The van der Waals surface area contributed by atoms with Gasteiger partial charge in [0.25, 0.3) is 0 Å². The smallest absolute Gasteiger partial charge is 0.240 e. The van der Waals surface area contributed by atoms with E-state index in [1.165, 1.54) is 22.9 Å². The molecule has 27 heavy (non-hydrogen) atoms. The number of aromatic nitrogens is 4. The van der Waals surface area contributed by atoms with Crippen LogP contribution in [-0.4, -0.2) is 37.9 Å². The third-order valence-electron chi connectivity index (χ3n) is 4.46. The van der Waals surface area contributed by atoms with Gasteiger partial charge in [0.05, 0.1) is 10.9 Å². The molecule has 1 heterocycles. The number of rotatable bonds is 6. The van der Waals surface area contributed by atoms with Crippen molar-refractivity contribution in [1.29, 1.82) is 0 Å². The number of carbonyl (C=O) groups is 1. The lowest BCUT2D eigenvalue weighted by Crippen LogP contribution is -2.36. The minimum Gasteiger partial charge on any atom is -0.312 e. The molecule has 0 spiro atoms. The standard InChI is InChI=1S/C20H23N5OS/c1-5-24(17-9-7-6-8-10-17)19(26)16(4)27-20-21-22-23-25(20)18-12-11-14(2)15(3)13-18/h6-13,16H,5H2,1-4H3. The Morgan fingerprint density at radius 1 is 1.15 bits per heavy atom. The van der Waals surface area contributed by atoms with Crippen LogP contribution >= 0.6 is 11.8 Å². The predicted octanol–water partition coefficient (Wildman–Crippen LogP) is 3.81. The second-order valence-electron chi connectivity index (χ2n) is 6.32. The van der Waals surface area contributed by atoms with E-state index in [0.29, 0.717) is 11.7 Å². The van der Waals surface area contributed by atoms with Crippen molar-refractivity contribution in [1.82, 2.24) is 20.2 Å². The maximum atomic E-state index is 13.0. The monoisotopic (exact) mass is 381 g/mol. The lowest BCUT2D eigenvalue weighted by Gasteiger charge is -2.24. The molecule has 0 saturated carbocycles. The summed E-state index contributed by atoms with van der Waals surface area (Å²) in [5.41, 5.74) is 4.17. The average molecular weight is 382 g/mol. The van der Waals surface area contributed by atoms with Gasteiger partial charge in [-0.1, -0.05) is 36.0 Å². The van der Waals surface area contributed by atoms with E-state index in [4.69, 9.17) is 0 Å². The summed E-state index contributed by atoms with van der Waals surface area (Å²) in [5.74, 6) is 0.0309. The van der Waals surface area contributed by atoms with Gasteiger partial charge in [0.1, 0.15) is 0 Å². The zero-order valence-electron chi connectivity index (χ0n) is 16.0. The average Bonchev–Trinajstić information content (AvgIpc) is 3.13. The van der Waals surface area contributed by atoms with Crippen molar-refractivity contribution in [3.63, 3.8) is 0 Å². The van der Waals surface area contributed by atoms with E-state index >= 15 is 0 Å². The molecule has 1 amide bonds. The Labute approximate surface area is 163 Å². The molecule has 0 fully saturated rings. The van der Waals surface area contributed by atoms with Crippen LogP contribution in [0.1, 0.15) is 25.0 Å². The number of para-hydroxylation sites is 1. The molecule has 7 heteroatoms. The van der Waals surface area contributed by atoms with Crippen LogP contribution in [0.5, 0.6) is 0 Å². The summed E-state index contributed by atoms with van der Waals surface area (Å²) in [6.45, 7) is 8.59. The van der Waals surface area contributed by atoms with Crippen LogP contribution in [0.4, 0.5) is 5.69 Å². The topological polar surface area (TPSA) is 63.9 Å². The van der Waals surface area contributed by atoms with Gasteiger partial charge >= 0.3 is 0 Å². The Morgan fingerprint density at radius 2 is 1.89 bits per heavy atom. The lowest BCUT2D eigenvalue weighted by molar-refractivity contribution is -0.117. The summed E-state index contributed by atoms with van der Waals surface area (Å²) in [5, 5.41) is 12.3. The molecule has 0 radical (unpaired) electrons. The Bertz CT molecular complexity index is 925. The zero-order chi connectivity index (χ0) is 19.4. The van der Waals surface area contributed by atoms with Gasteiger partial charge in [-0.05, 0) is 73.5 Å². The number of benzene rings is 2. The number of nitrogens with zero attached hydrogens (tertiary/aromatic N) is 5. The van der Waals surface area contributed by atoms with Crippen LogP contribution in [0.15, 0.2) is 53.7 Å². The van der Waals surface area contributed by atoms with Crippen molar-refractivity contribution in [3.8, 4) is 5.69 Å². The lowest BCUT2D eigenvalue weighted by atomic mass is 10.1. The molecule has 1 atom stereocenters. The van der Waals surface area contributed by atoms with E-state index in [0.717, 1.165) is 11.4 Å². The maximum Gasteiger partial charge on any atom is 0.240 e. The van der Waals surface area contributed by atoms with Crippen molar-refractivity contribution < 1.29 is 4.79 Å². The first kappa shape index (κ1) is 19.1. The highest BCUT2D eigenvalue weighted by Gasteiger charge is 2.24. The number of hydrogen-bond acceptors (Lipinski definition) is 5. The van der Waals surface area contributed by atoms with Gasteiger partial charge in [0.15, 0.2) is 0 Å². The number of aryl methyl sites for hydroxylation is 2. The highest BCUT2D eigenvalue weighted by atomic mass is 32.2. The molecule has 0 bridgehead atoms. The Morgan fingerprint density at radius 3 is 2.56 bits per heavy atom. The van der Waals surface area contributed by atoms with Gasteiger partial charge < -0.3 is 4.90 Å². The second kappa shape index (κ2) is 8.35. The van der Waals surface area contributed by atoms with Gasteiger partial charge in [-0.2, -0.15) is 4.68 Å².